The van der Waals surface area contributed by atoms with Gasteiger partial charge in [-0.05, 0) is 37.1 Å². The van der Waals surface area contributed by atoms with Gasteiger partial charge in [0, 0.05) is 0 Å². The van der Waals surface area contributed by atoms with E-state index in [1.165, 1.54) is 0 Å². The molecule has 0 N–H and O–H groups in total. The summed E-state index contributed by atoms with van der Waals surface area (Å²) in [7, 11) is 0. The molecule has 1 aromatic rings. The molecular weight excluding hydrogens is 280 g/mol. The molecular formula is C18H24O4. The second-order valence-corrected chi connectivity index (χ2v) is 5.84. The number of hydrogen-bond donors (Lipinski definition) is 0. The van der Waals surface area contributed by atoms with Crippen molar-refractivity contribution in [3.05, 3.63) is 35.9 Å². The molecule has 1 aliphatic heterocycles. The van der Waals surface area contributed by atoms with Gasteiger partial charge in [0.15, 0.2) is 5.78 Å². The predicted octanol–water partition coefficient (Wildman–Crippen LogP) is 3.46. The number of ether oxygens (including phenoxy) is 3. The first-order valence-corrected chi connectivity index (χ1v) is 7.75. The van der Waals surface area contributed by atoms with Gasteiger partial charge in [-0.15, -0.1) is 0 Å². The van der Waals surface area contributed by atoms with Crippen molar-refractivity contribution in [3.63, 3.8) is 0 Å². The SMILES string of the molecule is CCCCOc1ccc(C=CC(=O)C2(C)COCOC2)cc1. The lowest BCUT2D eigenvalue weighted by atomic mass is 9.86. The van der Waals surface area contributed by atoms with E-state index in [1.54, 1.807) is 6.08 Å². The molecule has 0 radical (unpaired) electrons. The van der Waals surface area contributed by atoms with Crippen LogP contribution in [-0.4, -0.2) is 32.4 Å². The van der Waals surface area contributed by atoms with Crippen LogP contribution >= 0.6 is 0 Å². The second kappa shape index (κ2) is 8.11. The molecule has 0 saturated carbocycles. The van der Waals surface area contributed by atoms with E-state index < -0.39 is 5.41 Å². The average Bonchev–Trinajstić information content (AvgIpc) is 2.55. The summed E-state index contributed by atoms with van der Waals surface area (Å²) in [6.07, 6.45) is 5.59. The molecule has 1 heterocycles. The van der Waals surface area contributed by atoms with Crippen molar-refractivity contribution in [2.45, 2.75) is 26.7 Å². The summed E-state index contributed by atoms with van der Waals surface area (Å²) < 4.78 is 16.1. The molecule has 0 unspecified atom stereocenters. The largest absolute Gasteiger partial charge is 0.494 e. The highest BCUT2D eigenvalue weighted by Crippen LogP contribution is 2.23. The van der Waals surface area contributed by atoms with E-state index in [-0.39, 0.29) is 12.6 Å². The van der Waals surface area contributed by atoms with Crippen molar-refractivity contribution in [3.8, 4) is 5.75 Å². The Morgan fingerprint density at radius 3 is 2.59 bits per heavy atom. The number of carbonyl (C=O) groups is 1. The van der Waals surface area contributed by atoms with Crippen LogP contribution in [0.2, 0.25) is 0 Å². The van der Waals surface area contributed by atoms with Gasteiger partial charge in [0.25, 0.3) is 0 Å². The fourth-order valence-corrected chi connectivity index (χ4v) is 2.16. The Kier molecular flexibility index (Phi) is 6.16. The number of rotatable bonds is 7. The Morgan fingerprint density at radius 1 is 1.27 bits per heavy atom. The van der Waals surface area contributed by atoms with Crippen LogP contribution in [-0.2, 0) is 14.3 Å². The first-order chi connectivity index (χ1) is 10.6. The van der Waals surface area contributed by atoms with Crippen molar-refractivity contribution in [2.75, 3.05) is 26.6 Å². The molecule has 120 valence electrons. The number of benzene rings is 1. The monoisotopic (exact) mass is 304 g/mol. The van der Waals surface area contributed by atoms with Crippen molar-refractivity contribution >= 4 is 11.9 Å². The molecule has 4 heteroatoms. The minimum Gasteiger partial charge on any atom is -0.494 e. The number of unbranched alkanes of at least 4 members (excludes halogenated alkanes) is 1. The summed E-state index contributed by atoms with van der Waals surface area (Å²) in [5.74, 6) is 0.883. The molecule has 0 atom stereocenters. The van der Waals surface area contributed by atoms with Crippen molar-refractivity contribution < 1.29 is 19.0 Å². The van der Waals surface area contributed by atoms with Gasteiger partial charge in [-0.25, -0.2) is 0 Å². The molecule has 0 aromatic heterocycles. The lowest BCUT2D eigenvalue weighted by molar-refractivity contribution is -0.168. The molecule has 1 saturated heterocycles. The highest BCUT2D eigenvalue weighted by atomic mass is 16.7. The van der Waals surface area contributed by atoms with Crippen LogP contribution in [0, 0.1) is 5.41 Å². The van der Waals surface area contributed by atoms with Crippen molar-refractivity contribution in [1.82, 2.24) is 0 Å². The molecule has 0 spiro atoms. The Balaban J connectivity index is 1.90. The van der Waals surface area contributed by atoms with Crippen LogP contribution in [0.4, 0.5) is 0 Å². The average molecular weight is 304 g/mol. The van der Waals surface area contributed by atoms with Gasteiger partial charge in [0.1, 0.15) is 12.5 Å². The molecule has 2 rings (SSSR count). The van der Waals surface area contributed by atoms with Gasteiger partial charge in [0.2, 0.25) is 0 Å². The minimum atomic E-state index is -0.585. The standard InChI is InChI=1S/C18H24O4/c1-3-4-11-22-16-8-5-15(6-9-16)7-10-17(19)18(2)12-20-14-21-13-18/h5-10H,3-4,11-14H2,1-2H3. The molecule has 22 heavy (non-hydrogen) atoms. The summed E-state index contributed by atoms with van der Waals surface area (Å²) in [6, 6.07) is 7.74. The van der Waals surface area contributed by atoms with Gasteiger partial charge in [-0.3, -0.25) is 4.79 Å². The van der Waals surface area contributed by atoms with E-state index in [4.69, 9.17) is 14.2 Å². The third-order valence-electron chi connectivity index (χ3n) is 3.68. The Morgan fingerprint density at radius 2 is 1.95 bits per heavy atom. The highest BCUT2D eigenvalue weighted by molar-refractivity contribution is 5.98. The van der Waals surface area contributed by atoms with Crippen LogP contribution in [0.3, 0.4) is 0 Å². The van der Waals surface area contributed by atoms with E-state index >= 15 is 0 Å². The van der Waals surface area contributed by atoms with Gasteiger partial charge >= 0.3 is 0 Å². The van der Waals surface area contributed by atoms with Crippen LogP contribution < -0.4 is 4.74 Å². The first kappa shape index (κ1) is 16.7. The third-order valence-corrected chi connectivity index (χ3v) is 3.68. The zero-order valence-electron chi connectivity index (χ0n) is 13.3. The summed E-state index contributed by atoms with van der Waals surface area (Å²) >= 11 is 0. The zero-order chi connectivity index (χ0) is 15.8. The minimum absolute atomic E-state index is 0.0236. The molecule has 4 nitrogen and oxygen atoms in total. The van der Waals surface area contributed by atoms with Gasteiger partial charge < -0.3 is 14.2 Å². The normalized spacial score (nSPS) is 17.5. The zero-order valence-corrected chi connectivity index (χ0v) is 13.3. The molecule has 0 aliphatic carbocycles. The second-order valence-electron chi connectivity index (χ2n) is 5.84. The molecule has 1 fully saturated rings. The van der Waals surface area contributed by atoms with Crippen LogP contribution in [0.5, 0.6) is 5.75 Å². The number of allylic oxidation sites excluding steroid dienone is 1. The van der Waals surface area contributed by atoms with E-state index in [0.717, 1.165) is 30.8 Å². The number of ketones is 1. The maximum absolute atomic E-state index is 12.3. The number of hydrogen-bond acceptors (Lipinski definition) is 4. The number of carbonyl (C=O) groups excluding carboxylic acids is 1. The van der Waals surface area contributed by atoms with Gasteiger partial charge in [0.05, 0.1) is 25.2 Å². The Bertz CT molecular complexity index is 498. The lowest BCUT2D eigenvalue weighted by Crippen LogP contribution is -2.40. The Hall–Kier alpha value is -1.65. The lowest BCUT2D eigenvalue weighted by Gasteiger charge is -2.30. The Labute approximate surface area is 132 Å². The van der Waals surface area contributed by atoms with E-state index in [9.17, 15) is 4.79 Å². The molecule has 1 aromatic carbocycles. The maximum atomic E-state index is 12.3. The third kappa shape index (κ3) is 4.68. The predicted molar refractivity (Wildman–Crippen MR) is 85.8 cm³/mol. The van der Waals surface area contributed by atoms with Gasteiger partial charge in [-0.1, -0.05) is 31.6 Å². The van der Waals surface area contributed by atoms with E-state index in [2.05, 4.69) is 6.92 Å². The fourth-order valence-electron chi connectivity index (χ4n) is 2.16. The fraction of sp³-hybridized carbons (Fsp3) is 0.500. The maximum Gasteiger partial charge on any atom is 0.166 e. The topological polar surface area (TPSA) is 44.8 Å². The van der Waals surface area contributed by atoms with Crippen LogP contribution in [0.15, 0.2) is 30.3 Å². The molecule has 0 bridgehead atoms. The first-order valence-electron chi connectivity index (χ1n) is 7.75. The van der Waals surface area contributed by atoms with E-state index in [0.29, 0.717) is 13.2 Å². The summed E-state index contributed by atoms with van der Waals surface area (Å²) in [4.78, 5) is 12.3. The van der Waals surface area contributed by atoms with E-state index in [1.807, 2.05) is 37.3 Å². The molecule has 1 aliphatic rings. The highest BCUT2D eigenvalue weighted by Gasteiger charge is 2.34. The van der Waals surface area contributed by atoms with Crippen LogP contribution in [0.25, 0.3) is 6.08 Å². The smallest absolute Gasteiger partial charge is 0.166 e. The summed E-state index contributed by atoms with van der Waals surface area (Å²) in [6.45, 7) is 5.82. The van der Waals surface area contributed by atoms with Crippen molar-refractivity contribution in [2.24, 2.45) is 5.41 Å². The van der Waals surface area contributed by atoms with Crippen molar-refractivity contribution in [1.29, 1.82) is 0 Å². The van der Waals surface area contributed by atoms with Gasteiger partial charge in [-0.2, -0.15) is 0 Å². The summed E-state index contributed by atoms with van der Waals surface area (Å²) in [5, 5.41) is 0. The quantitative estimate of drug-likeness (QED) is 0.571. The summed E-state index contributed by atoms with van der Waals surface area (Å²) in [5.41, 5.74) is 0.384. The molecule has 0 amide bonds. The van der Waals surface area contributed by atoms with Crippen LogP contribution in [0.1, 0.15) is 32.3 Å².